The van der Waals surface area contributed by atoms with Gasteiger partial charge in [-0.25, -0.2) is 13.4 Å². The number of hydrogen-bond acceptors (Lipinski definition) is 5. The molecule has 1 aliphatic heterocycles. The Kier molecular flexibility index (Phi) is 7.39. The van der Waals surface area contributed by atoms with Crippen molar-refractivity contribution in [3.8, 4) is 0 Å². The Labute approximate surface area is 185 Å². The van der Waals surface area contributed by atoms with Crippen LogP contribution in [0.5, 0.6) is 0 Å². The molecule has 0 N–H and O–H groups in total. The minimum atomic E-state index is -3.53. The van der Waals surface area contributed by atoms with Crippen LogP contribution in [0.15, 0.2) is 23.1 Å². The van der Waals surface area contributed by atoms with Gasteiger partial charge in [0.05, 0.1) is 15.9 Å². The number of benzene rings is 1. The summed E-state index contributed by atoms with van der Waals surface area (Å²) >= 11 is 0. The average molecular weight is 450 g/mol. The predicted octanol–water partition coefficient (Wildman–Crippen LogP) is 2.09. The summed E-state index contributed by atoms with van der Waals surface area (Å²) in [6, 6.07) is 5.50. The van der Waals surface area contributed by atoms with E-state index < -0.39 is 10.0 Å². The first-order chi connectivity index (χ1) is 14.7. The minimum absolute atomic E-state index is 0.156. The molecule has 172 valence electrons. The number of aryl methyl sites for hydroxylation is 2. The molecule has 1 aromatic heterocycles. The number of carbonyl (C=O) groups excluding carboxylic acids is 1. The quantitative estimate of drug-likeness (QED) is 0.617. The third kappa shape index (κ3) is 4.94. The molecule has 1 aliphatic rings. The van der Waals surface area contributed by atoms with Crippen molar-refractivity contribution in [1.82, 2.24) is 23.7 Å². The van der Waals surface area contributed by atoms with Gasteiger partial charge >= 0.3 is 0 Å². The third-order valence-electron chi connectivity index (χ3n) is 6.33. The van der Waals surface area contributed by atoms with Crippen molar-refractivity contribution in [2.24, 2.45) is 7.05 Å². The summed E-state index contributed by atoms with van der Waals surface area (Å²) < 4.78 is 29.1. The number of nitrogens with zero attached hydrogens (tertiary/aromatic N) is 5. The van der Waals surface area contributed by atoms with E-state index >= 15 is 0 Å². The maximum atomic E-state index is 12.8. The number of carbonyl (C=O) groups is 1. The second-order valence-electron chi connectivity index (χ2n) is 8.43. The monoisotopic (exact) mass is 449 g/mol. The van der Waals surface area contributed by atoms with Crippen LogP contribution in [0.25, 0.3) is 11.0 Å². The van der Waals surface area contributed by atoms with Gasteiger partial charge in [0.1, 0.15) is 5.82 Å². The molecule has 2 heterocycles. The molecule has 0 radical (unpaired) electrons. The van der Waals surface area contributed by atoms with Crippen molar-refractivity contribution >= 4 is 27.0 Å². The van der Waals surface area contributed by atoms with Gasteiger partial charge in [0.2, 0.25) is 15.9 Å². The van der Waals surface area contributed by atoms with Crippen LogP contribution in [-0.4, -0.2) is 84.3 Å². The Bertz CT molecular complexity index is 1030. The fraction of sp³-hybridized carbons (Fsp3) is 0.636. The summed E-state index contributed by atoms with van der Waals surface area (Å²) in [5.41, 5.74) is 1.51. The van der Waals surface area contributed by atoms with Crippen molar-refractivity contribution < 1.29 is 13.2 Å². The van der Waals surface area contributed by atoms with Gasteiger partial charge in [0, 0.05) is 52.1 Å². The van der Waals surface area contributed by atoms with Gasteiger partial charge in [-0.15, -0.1) is 0 Å². The highest BCUT2D eigenvalue weighted by Crippen LogP contribution is 2.23. The number of hydrogen-bond donors (Lipinski definition) is 0. The molecule has 1 fully saturated rings. The standard InChI is InChI=1S/C22H35N5O3S/c1-6-27(7-2)31(29,30)18-10-11-20-19(15-18)23-21(25(20)5)12-13-22(28)26-14-8-9-17(16-26)24(3)4/h10-11,15,17H,6-9,12-14,16H2,1-5H3. The normalized spacial score (nSPS) is 17.8. The number of piperidine rings is 1. The van der Waals surface area contributed by atoms with Gasteiger partial charge in [-0.2, -0.15) is 4.31 Å². The summed E-state index contributed by atoms with van der Waals surface area (Å²) in [5, 5.41) is 0. The Morgan fingerprint density at radius 2 is 1.94 bits per heavy atom. The van der Waals surface area contributed by atoms with Gasteiger partial charge < -0.3 is 14.4 Å². The van der Waals surface area contributed by atoms with Crippen LogP contribution in [-0.2, 0) is 28.3 Å². The van der Waals surface area contributed by atoms with E-state index in [1.807, 2.05) is 30.4 Å². The molecule has 1 atom stereocenters. The first-order valence-electron chi connectivity index (χ1n) is 11.1. The van der Waals surface area contributed by atoms with E-state index in [0.29, 0.717) is 37.5 Å². The highest BCUT2D eigenvalue weighted by Gasteiger charge is 2.25. The third-order valence-corrected chi connectivity index (χ3v) is 8.38. The van der Waals surface area contributed by atoms with Crippen LogP contribution in [0.1, 0.15) is 38.9 Å². The van der Waals surface area contributed by atoms with E-state index in [0.717, 1.165) is 37.3 Å². The lowest BCUT2D eigenvalue weighted by atomic mass is 10.0. The highest BCUT2D eigenvalue weighted by molar-refractivity contribution is 7.89. The average Bonchev–Trinajstić information content (AvgIpc) is 3.07. The van der Waals surface area contributed by atoms with Crippen LogP contribution < -0.4 is 0 Å². The molecule has 8 nitrogen and oxygen atoms in total. The largest absolute Gasteiger partial charge is 0.341 e. The second kappa shape index (κ2) is 9.67. The van der Waals surface area contributed by atoms with Crippen LogP contribution in [0.2, 0.25) is 0 Å². The van der Waals surface area contributed by atoms with Crippen molar-refractivity contribution in [3.63, 3.8) is 0 Å². The summed E-state index contributed by atoms with van der Waals surface area (Å²) in [4.78, 5) is 21.8. The highest BCUT2D eigenvalue weighted by atomic mass is 32.2. The topological polar surface area (TPSA) is 78.8 Å². The molecule has 0 spiro atoms. The van der Waals surface area contributed by atoms with E-state index in [2.05, 4.69) is 24.0 Å². The van der Waals surface area contributed by atoms with Crippen LogP contribution in [0.3, 0.4) is 0 Å². The van der Waals surface area contributed by atoms with E-state index in [9.17, 15) is 13.2 Å². The van der Waals surface area contributed by atoms with Crippen molar-refractivity contribution in [3.05, 3.63) is 24.0 Å². The van der Waals surface area contributed by atoms with Crippen molar-refractivity contribution in [2.75, 3.05) is 40.3 Å². The van der Waals surface area contributed by atoms with Crippen LogP contribution in [0.4, 0.5) is 0 Å². The summed E-state index contributed by atoms with van der Waals surface area (Å²) in [6.07, 6.45) is 3.10. The summed E-state index contributed by atoms with van der Waals surface area (Å²) in [6.45, 7) is 6.12. The zero-order chi connectivity index (χ0) is 22.8. The van der Waals surface area contributed by atoms with Crippen LogP contribution >= 0.6 is 0 Å². The molecular formula is C22H35N5O3S. The fourth-order valence-corrected chi connectivity index (χ4v) is 5.78. The zero-order valence-corrected chi connectivity index (χ0v) is 20.2. The predicted molar refractivity (Wildman–Crippen MR) is 122 cm³/mol. The molecule has 1 aromatic carbocycles. The lowest BCUT2D eigenvalue weighted by Gasteiger charge is -2.36. The Morgan fingerprint density at radius 1 is 1.23 bits per heavy atom. The number of imidazole rings is 1. The zero-order valence-electron chi connectivity index (χ0n) is 19.3. The van der Waals surface area contributed by atoms with Gasteiger partial charge in [0.25, 0.3) is 0 Å². The smallest absolute Gasteiger partial charge is 0.243 e. The van der Waals surface area contributed by atoms with E-state index in [1.165, 1.54) is 4.31 Å². The number of likely N-dealkylation sites (tertiary alicyclic amines) is 1. The Hall–Kier alpha value is -1.97. The molecule has 9 heteroatoms. The molecule has 2 aromatic rings. The maximum absolute atomic E-state index is 12.8. The van der Waals surface area contributed by atoms with Crippen molar-refractivity contribution in [2.45, 2.75) is 50.5 Å². The first kappa shape index (κ1) is 23.7. The SMILES string of the molecule is CCN(CC)S(=O)(=O)c1ccc2c(c1)nc(CCC(=O)N1CCCC(N(C)C)C1)n2C. The molecule has 0 bridgehead atoms. The number of aromatic nitrogens is 2. The molecule has 1 amide bonds. The number of rotatable bonds is 8. The molecule has 1 unspecified atom stereocenters. The molecule has 1 saturated heterocycles. The minimum Gasteiger partial charge on any atom is -0.341 e. The lowest BCUT2D eigenvalue weighted by molar-refractivity contribution is -0.133. The van der Waals surface area contributed by atoms with E-state index in [4.69, 9.17) is 0 Å². The molecule has 3 rings (SSSR count). The summed E-state index contributed by atoms with van der Waals surface area (Å²) in [5.74, 6) is 0.949. The first-order valence-corrected chi connectivity index (χ1v) is 12.5. The Balaban J connectivity index is 1.75. The van der Waals surface area contributed by atoms with E-state index in [1.54, 1.807) is 18.2 Å². The van der Waals surface area contributed by atoms with Gasteiger partial charge in [0.15, 0.2) is 0 Å². The number of fused-ring (bicyclic) bond motifs is 1. The number of likely N-dealkylation sites (N-methyl/N-ethyl adjacent to an activating group) is 1. The molecule has 0 aliphatic carbocycles. The molecule has 0 saturated carbocycles. The Morgan fingerprint density at radius 3 is 2.58 bits per heavy atom. The van der Waals surface area contributed by atoms with Gasteiger partial charge in [-0.05, 0) is 45.1 Å². The van der Waals surface area contributed by atoms with Crippen molar-refractivity contribution in [1.29, 1.82) is 0 Å². The second-order valence-corrected chi connectivity index (χ2v) is 10.4. The van der Waals surface area contributed by atoms with E-state index in [-0.39, 0.29) is 10.8 Å². The van der Waals surface area contributed by atoms with Crippen LogP contribution in [0, 0.1) is 0 Å². The lowest BCUT2D eigenvalue weighted by Crippen LogP contribution is -2.47. The summed E-state index contributed by atoms with van der Waals surface area (Å²) in [7, 11) is 2.51. The number of sulfonamides is 1. The molecule has 31 heavy (non-hydrogen) atoms. The fourth-order valence-electron chi connectivity index (χ4n) is 4.31. The van der Waals surface area contributed by atoms with Gasteiger partial charge in [-0.3, -0.25) is 4.79 Å². The van der Waals surface area contributed by atoms with Gasteiger partial charge in [-0.1, -0.05) is 13.8 Å². The number of amides is 1. The maximum Gasteiger partial charge on any atom is 0.243 e. The molecular weight excluding hydrogens is 414 g/mol.